The van der Waals surface area contributed by atoms with Crippen LogP contribution in [-0.2, 0) is 30.5 Å². The molecule has 169 valence electrons. The van der Waals surface area contributed by atoms with Crippen molar-refractivity contribution < 1.29 is 40.2 Å². The average Bonchev–Trinajstić information content (AvgIpc) is 2.67. The van der Waals surface area contributed by atoms with Gasteiger partial charge in [0.1, 0.15) is 34.6 Å². The van der Waals surface area contributed by atoms with Gasteiger partial charge in [0.05, 0.1) is 5.56 Å². The highest BCUT2D eigenvalue weighted by molar-refractivity contribution is 5.72. The summed E-state index contributed by atoms with van der Waals surface area (Å²) in [5.41, 5.74) is -3.49. The van der Waals surface area contributed by atoms with E-state index in [0.29, 0.717) is 30.2 Å². The molecule has 0 unspecified atom stereocenters. The molecule has 3 rings (SSSR count). The fraction of sp³-hybridized carbons (Fsp3) is 0.217. The molecule has 1 radical (unpaired) electrons. The summed E-state index contributed by atoms with van der Waals surface area (Å²) in [6.45, 7) is 1.76. The predicted molar refractivity (Wildman–Crippen MR) is 100 cm³/mol. The maximum Gasteiger partial charge on any atom is 0.422 e. The van der Waals surface area contributed by atoms with Gasteiger partial charge in [-0.25, -0.2) is 22.0 Å². The van der Waals surface area contributed by atoms with Crippen LogP contribution in [0.3, 0.4) is 0 Å². The maximum atomic E-state index is 15.0. The maximum absolute atomic E-state index is 15.0. The Kier molecular flexibility index (Phi) is 6.48. The molecule has 0 aromatic heterocycles. The van der Waals surface area contributed by atoms with Crippen LogP contribution in [0.4, 0.5) is 35.1 Å². The minimum absolute atomic E-state index is 0.280. The molecule has 0 aliphatic heterocycles. The van der Waals surface area contributed by atoms with Gasteiger partial charge in [-0.1, -0.05) is 19.1 Å². The van der Waals surface area contributed by atoms with Crippen molar-refractivity contribution in [3.63, 3.8) is 0 Å². The van der Waals surface area contributed by atoms with E-state index in [1.165, 1.54) is 12.1 Å². The van der Waals surface area contributed by atoms with E-state index < -0.39 is 70.5 Å². The van der Waals surface area contributed by atoms with E-state index in [4.69, 9.17) is 0 Å². The van der Waals surface area contributed by atoms with Crippen LogP contribution >= 0.6 is 0 Å². The van der Waals surface area contributed by atoms with Crippen molar-refractivity contribution >= 4 is 0 Å². The van der Waals surface area contributed by atoms with E-state index >= 15 is 4.39 Å². The molecule has 0 saturated carbocycles. The van der Waals surface area contributed by atoms with Crippen LogP contribution in [0.25, 0.3) is 11.1 Å². The van der Waals surface area contributed by atoms with Crippen molar-refractivity contribution in [3.05, 3.63) is 87.7 Å². The van der Waals surface area contributed by atoms with Crippen LogP contribution in [0.1, 0.15) is 29.2 Å². The molecule has 0 saturated heterocycles. The van der Waals surface area contributed by atoms with Gasteiger partial charge in [0.2, 0.25) is 0 Å². The highest BCUT2D eigenvalue weighted by Crippen LogP contribution is 2.38. The summed E-state index contributed by atoms with van der Waals surface area (Å²) in [5, 5.41) is 12.2. The summed E-state index contributed by atoms with van der Waals surface area (Å²) in [6, 6.07) is 5.10. The van der Waals surface area contributed by atoms with E-state index in [9.17, 15) is 35.8 Å². The molecule has 0 aliphatic carbocycles. The molecular weight excluding hydrogens is 444 g/mol. The molecule has 0 atom stereocenters. The first-order valence-electron chi connectivity index (χ1n) is 9.45. The molecule has 0 heterocycles. The van der Waals surface area contributed by atoms with Crippen molar-refractivity contribution in [1.29, 1.82) is 0 Å². The van der Waals surface area contributed by atoms with Crippen molar-refractivity contribution in [1.82, 2.24) is 0 Å². The number of benzene rings is 3. The zero-order chi connectivity index (χ0) is 23.8. The van der Waals surface area contributed by atoms with Crippen LogP contribution in [0.15, 0.2) is 36.4 Å². The Morgan fingerprint density at radius 1 is 0.750 bits per heavy atom. The topological polar surface area (TPSA) is 19.9 Å². The lowest BCUT2D eigenvalue weighted by atomic mass is 9.95. The molecule has 32 heavy (non-hydrogen) atoms. The number of halogens is 8. The minimum Gasteiger partial charge on any atom is -0.289 e. The van der Waals surface area contributed by atoms with E-state index in [2.05, 4.69) is 0 Å². The number of hydrogen-bond donors (Lipinski definition) is 0. The van der Waals surface area contributed by atoms with Crippen molar-refractivity contribution in [2.45, 2.75) is 32.4 Å². The monoisotopic (exact) mass is 459 g/mol. The molecule has 3 aromatic carbocycles. The summed E-state index contributed by atoms with van der Waals surface area (Å²) in [4.78, 5) is 0. The van der Waals surface area contributed by atoms with Crippen LogP contribution < -0.4 is 0 Å². The fourth-order valence-corrected chi connectivity index (χ4v) is 3.41. The largest absolute Gasteiger partial charge is 0.422 e. The van der Waals surface area contributed by atoms with Gasteiger partial charge < -0.3 is 0 Å². The van der Waals surface area contributed by atoms with E-state index in [-0.39, 0.29) is 11.1 Å². The third-order valence-corrected chi connectivity index (χ3v) is 5.04. The molecule has 0 fully saturated rings. The lowest BCUT2D eigenvalue weighted by Crippen LogP contribution is -2.12. The zero-order valence-corrected chi connectivity index (χ0v) is 16.5. The standard InChI is InChI=1S/C23H15F8O/c1-2-11-3-5-13(15(24)7-11)20-19(32)10-16(25)14(22(20)28)6-4-12-8-17(26)21(18(27)9-12)23(29,30)31/h3,5,7-10H,2,4,6H2,1H3. The summed E-state index contributed by atoms with van der Waals surface area (Å²) in [6.07, 6.45) is -5.74. The van der Waals surface area contributed by atoms with Gasteiger partial charge in [-0.3, -0.25) is 5.11 Å². The highest BCUT2D eigenvalue weighted by Gasteiger charge is 2.37. The molecule has 0 amide bonds. The second-order valence-corrected chi connectivity index (χ2v) is 7.12. The molecule has 3 aromatic rings. The molecule has 0 spiro atoms. The predicted octanol–water partition coefficient (Wildman–Crippen LogP) is 7.56. The molecular formula is C23H15F8O. The Balaban J connectivity index is 1.98. The van der Waals surface area contributed by atoms with Crippen LogP contribution in [0.2, 0.25) is 0 Å². The van der Waals surface area contributed by atoms with Gasteiger partial charge in [0, 0.05) is 17.2 Å². The van der Waals surface area contributed by atoms with Gasteiger partial charge in [0.25, 0.3) is 0 Å². The fourth-order valence-electron chi connectivity index (χ4n) is 3.41. The Hall–Kier alpha value is -3.10. The average molecular weight is 459 g/mol. The first-order chi connectivity index (χ1) is 14.9. The first-order valence-corrected chi connectivity index (χ1v) is 9.45. The summed E-state index contributed by atoms with van der Waals surface area (Å²) in [5.74, 6) is -8.30. The van der Waals surface area contributed by atoms with E-state index in [1.807, 2.05) is 0 Å². The highest BCUT2D eigenvalue weighted by atomic mass is 19.4. The summed E-state index contributed by atoms with van der Waals surface area (Å²) >= 11 is 0. The van der Waals surface area contributed by atoms with Gasteiger partial charge in [-0.15, -0.1) is 0 Å². The minimum atomic E-state index is -5.25. The summed E-state index contributed by atoms with van der Waals surface area (Å²) < 4.78 is 109. The Morgan fingerprint density at radius 3 is 1.88 bits per heavy atom. The van der Waals surface area contributed by atoms with E-state index in [1.54, 1.807) is 6.92 Å². The Bertz CT molecular complexity index is 1140. The lowest BCUT2D eigenvalue weighted by molar-refractivity contribution is -0.142. The quantitative estimate of drug-likeness (QED) is 0.351. The van der Waals surface area contributed by atoms with Gasteiger partial charge >= 0.3 is 6.18 Å². The van der Waals surface area contributed by atoms with Gasteiger partial charge in [-0.05, 0) is 48.6 Å². The second kappa shape index (κ2) is 8.80. The normalized spacial score (nSPS) is 11.8. The first kappa shape index (κ1) is 23.6. The molecule has 0 aliphatic rings. The Labute approximate surface area is 177 Å². The van der Waals surface area contributed by atoms with Gasteiger partial charge in [-0.2, -0.15) is 13.2 Å². The number of aryl methyl sites for hydroxylation is 2. The van der Waals surface area contributed by atoms with E-state index in [0.717, 1.165) is 6.07 Å². The Morgan fingerprint density at radius 2 is 1.34 bits per heavy atom. The van der Waals surface area contributed by atoms with Gasteiger partial charge in [0.15, 0.2) is 5.75 Å². The van der Waals surface area contributed by atoms with Crippen molar-refractivity contribution in [2.75, 3.05) is 0 Å². The molecule has 9 heteroatoms. The van der Waals surface area contributed by atoms with Crippen molar-refractivity contribution in [3.8, 4) is 16.9 Å². The number of rotatable bonds is 5. The molecule has 1 nitrogen and oxygen atoms in total. The SMILES string of the molecule is CCc1ccc(-c2c([O])cc(F)c(CCc3cc(F)c(C(F)(F)F)c(F)c3)c2F)c(F)c1. The van der Waals surface area contributed by atoms with Crippen molar-refractivity contribution in [2.24, 2.45) is 0 Å². The zero-order valence-electron chi connectivity index (χ0n) is 16.5. The second-order valence-electron chi connectivity index (χ2n) is 7.12. The molecule has 0 bridgehead atoms. The number of alkyl halides is 3. The van der Waals surface area contributed by atoms with Crippen LogP contribution in [-0.4, -0.2) is 0 Å². The molecule has 0 N–H and O–H groups in total. The smallest absolute Gasteiger partial charge is 0.289 e. The third kappa shape index (κ3) is 4.56. The third-order valence-electron chi connectivity index (χ3n) is 5.04. The number of hydrogen-bond acceptors (Lipinski definition) is 0. The van der Waals surface area contributed by atoms with Crippen LogP contribution in [0, 0.1) is 29.1 Å². The summed E-state index contributed by atoms with van der Waals surface area (Å²) in [7, 11) is 0. The van der Waals surface area contributed by atoms with Crippen LogP contribution in [0.5, 0.6) is 5.75 Å². The lowest BCUT2D eigenvalue weighted by Gasteiger charge is -2.13.